The Labute approximate surface area is 129 Å². The van der Waals surface area contributed by atoms with E-state index >= 15 is 0 Å². The molecular formula is C17H18N2O3. The number of ether oxygens (including phenoxy) is 2. The zero-order chi connectivity index (χ0) is 15.7. The molecule has 0 saturated heterocycles. The van der Waals surface area contributed by atoms with E-state index < -0.39 is 6.29 Å². The Balaban J connectivity index is 2.01. The zero-order valence-electron chi connectivity index (χ0n) is 12.9. The van der Waals surface area contributed by atoms with Gasteiger partial charge in [0.05, 0.1) is 0 Å². The number of carbonyl (C=O) groups is 1. The van der Waals surface area contributed by atoms with Crippen LogP contribution in [0.2, 0.25) is 0 Å². The summed E-state index contributed by atoms with van der Waals surface area (Å²) in [5, 5.41) is 0. The van der Waals surface area contributed by atoms with E-state index in [0.717, 1.165) is 17.7 Å². The number of hydrogen-bond donors (Lipinski definition) is 0. The Morgan fingerprint density at radius 3 is 2.73 bits per heavy atom. The number of benzene rings is 1. The minimum atomic E-state index is -0.445. The molecule has 1 atom stereocenters. The zero-order valence-corrected chi connectivity index (χ0v) is 12.9. The van der Waals surface area contributed by atoms with Crippen molar-refractivity contribution in [1.29, 1.82) is 0 Å². The number of rotatable bonds is 4. The fraction of sp³-hybridized carbons (Fsp3) is 0.294. The van der Waals surface area contributed by atoms with Crippen molar-refractivity contribution in [3.63, 3.8) is 0 Å². The number of nitrogens with zero attached hydrogens (tertiary/aromatic N) is 2. The molecule has 3 rings (SSSR count). The van der Waals surface area contributed by atoms with Gasteiger partial charge in [0.1, 0.15) is 5.69 Å². The summed E-state index contributed by atoms with van der Waals surface area (Å²) in [7, 11) is 1.60. The molecule has 0 bridgehead atoms. The lowest BCUT2D eigenvalue weighted by molar-refractivity contribution is -0.0369. The van der Waals surface area contributed by atoms with Gasteiger partial charge in [0.2, 0.25) is 12.1 Å². The standard InChI is InChI=1S/C17H18N2O3/c1-4-13-11(2)19-10-14(18-17(19)22-16(13)21-3)15(20)12-8-6-5-7-9-12/h5-10,16H,4H2,1-3H3. The Hall–Kier alpha value is -2.40. The molecule has 1 aliphatic heterocycles. The molecule has 0 radical (unpaired) electrons. The molecule has 2 heterocycles. The maximum atomic E-state index is 12.5. The van der Waals surface area contributed by atoms with E-state index in [2.05, 4.69) is 4.98 Å². The molecule has 1 aliphatic rings. The van der Waals surface area contributed by atoms with Crippen molar-refractivity contribution in [1.82, 2.24) is 9.55 Å². The summed E-state index contributed by atoms with van der Waals surface area (Å²) >= 11 is 0. The summed E-state index contributed by atoms with van der Waals surface area (Å²) in [4.78, 5) is 16.8. The highest BCUT2D eigenvalue weighted by Crippen LogP contribution is 2.31. The highest BCUT2D eigenvalue weighted by atomic mass is 16.7. The summed E-state index contributed by atoms with van der Waals surface area (Å²) in [6.45, 7) is 4.03. The van der Waals surface area contributed by atoms with Gasteiger partial charge < -0.3 is 9.47 Å². The topological polar surface area (TPSA) is 53.4 Å². The summed E-state index contributed by atoms with van der Waals surface area (Å²) < 4.78 is 12.9. The average molecular weight is 298 g/mol. The third-order valence-corrected chi connectivity index (χ3v) is 3.86. The van der Waals surface area contributed by atoms with Gasteiger partial charge in [-0.2, -0.15) is 4.98 Å². The Morgan fingerprint density at radius 1 is 1.36 bits per heavy atom. The van der Waals surface area contributed by atoms with Crippen molar-refractivity contribution in [2.24, 2.45) is 0 Å². The number of aromatic nitrogens is 2. The van der Waals surface area contributed by atoms with Crippen molar-refractivity contribution in [2.75, 3.05) is 7.11 Å². The van der Waals surface area contributed by atoms with Crippen LogP contribution >= 0.6 is 0 Å². The van der Waals surface area contributed by atoms with Gasteiger partial charge in [-0.3, -0.25) is 9.36 Å². The second kappa shape index (κ2) is 5.77. The van der Waals surface area contributed by atoms with Gasteiger partial charge in [-0.1, -0.05) is 37.3 Å². The van der Waals surface area contributed by atoms with E-state index in [1.165, 1.54) is 0 Å². The van der Waals surface area contributed by atoms with Crippen molar-refractivity contribution >= 4 is 11.5 Å². The Bertz CT molecular complexity index is 732. The molecular weight excluding hydrogens is 280 g/mol. The SMILES string of the molecule is CCC1=C(C)n2cc(C(=O)c3ccccc3)nc2OC1OC. The number of carbonyl (C=O) groups excluding carboxylic acids is 1. The molecule has 0 amide bonds. The lowest BCUT2D eigenvalue weighted by atomic mass is 10.1. The van der Waals surface area contributed by atoms with Crippen molar-refractivity contribution in [2.45, 2.75) is 26.6 Å². The first-order valence-electron chi connectivity index (χ1n) is 7.24. The number of hydrogen-bond acceptors (Lipinski definition) is 4. The monoisotopic (exact) mass is 298 g/mol. The van der Waals surface area contributed by atoms with Crippen LogP contribution in [0.1, 0.15) is 36.3 Å². The highest BCUT2D eigenvalue weighted by Gasteiger charge is 2.28. The van der Waals surface area contributed by atoms with E-state index in [-0.39, 0.29) is 5.78 Å². The average Bonchev–Trinajstić information content (AvgIpc) is 2.99. The minimum absolute atomic E-state index is 0.120. The second-order valence-electron chi connectivity index (χ2n) is 5.12. The third-order valence-electron chi connectivity index (χ3n) is 3.86. The molecule has 2 aromatic rings. The molecule has 0 saturated carbocycles. The van der Waals surface area contributed by atoms with Crippen LogP contribution in [0.15, 0.2) is 42.1 Å². The second-order valence-corrected chi connectivity index (χ2v) is 5.12. The van der Waals surface area contributed by atoms with Gasteiger partial charge in [0, 0.05) is 30.1 Å². The summed E-state index contributed by atoms with van der Waals surface area (Å²) in [6.07, 6.45) is 2.09. The van der Waals surface area contributed by atoms with E-state index in [0.29, 0.717) is 17.3 Å². The van der Waals surface area contributed by atoms with Crippen LogP contribution in [0.4, 0.5) is 0 Å². The molecule has 0 aliphatic carbocycles. The van der Waals surface area contributed by atoms with E-state index in [1.54, 1.807) is 25.4 Å². The fourth-order valence-electron chi connectivity index (χ4n) is 2.64. The first-order chi connectivity index (χ1) is 10.7. The van der Waals surface area contributed by atoms with E-state index in [9.17, 15) is 4.79 Å². The van der Waals surface area contributed by atoms with E-state index in [4.69, 9.17) is 9.47 Å². The molecule has 1 aromatic heterocycles. The number of methoxy groups -OCH3 is 1. The van der Waals surface area contributed by atoms with Gasteiger partial charge in [-0.15, -0.1) is 0 Å². The van der Waals surface area contributed by atoms with Crippen LogP contribution in [-0.2, 0) is 4.74 Å². The quantitative estimate of drug-likeness (QED) is 0.814. The summed E-state index contributed by atoms with van der Waals surface area (Å²) in [6, 6.07) is 9.49. The molecule has 0 fully saturated rings. The van der Waals surface area contributed by atoms with Crippen LogP contribution < -0.4 is 4.74 Å². The number of ketones is 1. The van der Waals surface area contributed by atoms with Crippen LogP contribution in [-0.4, -0.2) is 28.7 Å². The lowest BCUT2D eigenvalue weighted by Crippen LogP contribution is -2.28. The van der Waals surface area contributed by atoms with Gasteiger partial charge >= 0.3 is 6.01 Å². The maximum absolute atomic E-state index is 12.5. The number of allylic oxidation sites excluding steroid dienone is 1. The maximum Gasteiger partial charge on any atom is 0.304 e. The number of imidazole rings is 1. The predicted molar refractivity (Wildman–Crippen MR) is 82.7 cm³/mol. The molecule has 1 unspecified atom stereocenters. The van der Waals surface area contributed by atoms with Crippen LogP contribution in [0.3, 0.4) is 0 Å². The highest BCUT2D eigenvalue weighted by molar-refractivity contribution is 6.07. The summed E-state index contributed by atoms with van der Waals surface area (Å²) in [5.74, 6) is -0.120. The van der Waals surface area contributed by atoms with Crippen molar-refractivity contribution in [3.05, 3.63) is 53.4 Å². The van der Waals surface area contributed by atoms with Crippen LogP contribution in [0.5, 0.6) is 6.01 Å². The van der Waals surface area contributed by atoms with E-state index in [1.807, 2.05) is 36.6 Å². The van der Waals surface area contributed by atoms with Crippen LogP contribution in [0, 0.1) is 0 Å². The van der Waals surface area contributed by atoms with Gasteiger partial charge in [-0.25, -0.2) is 0 Å². The molecule has 1 aromatic carbocycles. The normalized spacial score (nSPS) is 17.1. The summed E-state index contributed by atoms with van der Waals surface area (Å²) in [5.41, 5.74) is 3.02. The third kappa shape index (κ3) is 2.33. The molecule has 5 nitrogen and oxygen atoms in total. The van der Waals surface area contributed by atoms with Gasteiger partial charge in [-0.05, 0) is 13.3 Å². The molecule has 0 N–H and O–H groups in total. The molecule has 0 spiro atoms. The van der Waals surface area contributed by atoms with Gasteiger partial charge in [0.15, 0.2) is 0 Å². The smallest absolute Gasteiger partial charge is 0.304 e. The number of fused-ring (bicyclic) bond motifs is 1. The Morgan fingerprint density at radius 2 is 2.09 bits per heavy atom. The predicted octanol–water partition coefficient (Wildman–Crippen LogP) is 3.12. The molecule has 5 heteroatoms. The molecule has 114 valence electrons. The fourth-order valence-corrected chi connectivity index (χ4v) is 2.64. The van der Waals surface area contributed by atoms with Crippen LogP contribution in [0.25, 0.3) is 5.70 Å². The minimum Gasteiger partial charge on any atom is -0.430 e. The van der Waals surface area contributed by atoms with Gasteiger partial charge in [0.25, 0.3) is 0 Å². The molecule has 22 heavy (non-hydrogen) atoms. The van der Waals surface area contributed by atoms with Crippen molar-refractivity contribution < 1.29 is 14.3 Å². The van der Waals surface area contributed by atoms with Crippen molar-refractivity contribution in [3.8, 4) is 6.01 Å². The lowest BCUT2D eigenvalue weighted by Gasteiger charge is -2.26. The first kappa shape index (κ1) is 14.5. The largest absolute Gasteiger partial charge is 0.430 e. The Kier molecular flexibility index (Phi) is 3.81. The first-order valence-corrected chi connectivity index (χ1v) is 7.24.